The van der Waals surface area contributed by atoms with Crippen molar-refractivity contribution in [3.8, 4) is 23.0 Å². The van der Waals surface area contributed by atoms with E-state index < -0.39 is 12.7 Å². The van der Waals surface area contributed by atoms with Gasteiger partial charge in [-0.3, -0.25) is 0 Å². The van der Waals surface area contributed by atoms with Gasteiger partial charge in [0.25, 0.3) is 0 Å². The Morgan fingerprint density at radius 3 is 1.52 bits per heavy atom. The highest BCUT2D eigenvalue weighted by atomic mass is 127. The Balaban J connectivity index is 0.000000271. The molecule has 0 amide bonds. The van der Waals surface area contributed by atoms with E-state index in [4.69, 9.17) is 9.47 Å². The zero-order chi connectivity index (χ0) is 20.7. The molecule has 0 aromatic heterocycles. The molecule has 0 saturated heterocycles. The maximum atomic E-state index is 11.8. The van der Waals surface area contributed by atoms with Crippen molar-refractivity contribution in [3.63, 3.8) is 0 Å². The van der Waals surface area contributed by atoms with Gasteiger partial charge < -0.3 is 18.9 Å². The fraction of sp³-hybridized carbons (Fsp3) is 0.250. The van der Waals surface area contributed by atoms with E-state index in [0.29, 0.717) is 15.1 Å². The van der Waals surface area contributed by atoms with Crippen molar-refractivity contribution in [1.82, 2.24) is 0 Å². The highest BCUT2D eigenvalue weighted by Crippen LogP contribution is 2.30. The van der Waals surface area contributed by atoms with Gasteiger partial charge in [0.15, 0.2) is 0 Å². The summed E-state index contributed by atoms with van der Waals surface area (Å²) in [4.78, 5) is 0. The molecule has 27 heavy (non-hydrogen) atoms. The average molecular weight is 510 g/mol. The van der Waals surface area contributed by atoms with Gasteiger partial charge in [0.05, 0.1) is 17.8 Å². The molecule has 0 saturated carbocycles. The van der Waals surface area contributed by atoms with Gasteiger partial charge in [-0.1, -0.05) is 0 Å². The number of alkyl halides is 6. The monoisotopic (exact) mass is 510 g/mol. The molecule has 0 bridgehead atoms. The van der Waals surface area contributed by atoms with Crippen LogP contribution in [0.15, 0.2) is 42.5 Å². The van der Waals surface area contributed by atoms with Crippen LogP contribution in [-0.4, -0.2) is 26.9 Å². The quantitative estimate of drug-likeness (QED) is 0.386. The standard InChI is InChI=1S/C8H6F3IO2.C8H7F3O2/c1-13-5-2-3-7(6(12)4-5)14-8(9,10)11;1-12-6-2-4-7(5-3-6)13-8(9,10)11/h2-4H,1H3;2-5H,1H3. The predicted octanol–water partition coefficient (Wildman–Crippen LogP) is 5.79. The minimum absolute atomic E-state index is 0.223. The molecule has 2 aromatic rings. The third-order valence-corrected chi connectivity index (χ3v) is 3.50. The van der Waals surface area contributed by atoms with Crippen LogP contribution in [0, 0.1) is 3.57 Å². The number of halogens is 7. The van der Waals surface area contributed by atoms with Gasteiger partial charge in [-0.2, -0.15) is 0 Å². The van der Waals surface area contributed by atoms with Crippen LogP contribution >= 0.6 is 22.6 Å². The summed E-state index contributed by atoms with van der Waals surface area (Å²) in [7, 11) is 2.87. The first-order chi connectivity index (χ1) is 12.4. The zero-order valence-corrected chi connectivity index (χ0v) is 16.0. The molecule has 0 unspecified atom stereocenters. The van der Waals surface area contributed by atoms with Crippen LogP contribution in [0.1, 0.15) is 0 Å². The molecule has 2 rings (SSSR count). The Bertz CT molecular complexity index is 716. The lowest BCUT2D eigenvalue weighted by Crippen LogP contribution is -2.17. The highest BCUT2D eigenvalue weighted by Gasteiger charge is 2.32. The van der Waals surface area contributed by atoms with Gasteiger partial charge in [-0.25, -0.2) is 0 Å². The van der Waals surface area contributed by atoms with Crippen molar-refractivity contribution < 1.29 is 45.3 Å². The Morgan fingerprint density at radius 1 is 0.667 bits per heavy atom. The lowest BCUT2D eigenvalue weighted by molar-refractivity contribution is -0.275. The number of hydrogen-bond acceptors (Lipinski definition) is 4. The maximum Gasteiger partial charge on any atom is 0.573 e. The van der Waals surface area contributed by atoms with Crippen LogP contribution in [0.2, 0.25) is 0 Å². The molecule has 11 heteroatoms. The van der Waals surface area contributed by atoms with E-state index in [1.165, 1.54) is 56.7 Å². The van der Waals surface area contributed by atoms with Gasteiger partial charge >= 0.3 is 12.7 Å². The Morgan fingerprint density at radius 2 is 1.11 bits per heavy atom. The summed E-state index contributed by atoms with van der Waals surface area (Å²) in [6.45, 7) is 0. The van der Waals surface area contributed by atoms with E-state index in [2.05, 4.69) is 9.47 Å². The van der Waals surface area contributed by atoms with E-state index in [1.54, 1.807) is 22.6 Å². The molecule has 0 aliphatic heterocycles. The Labute approximate surface area is 164 Å². The van der Waals surface area contributed by atoms with Crippen molar-refractivity contribution in [2.24, 2.45) is 0 Å². The minimum atomic E-state index is -4.66. The highest BCUT2D eigenvalue weighted by molar-refractivity contribution is 14.1. The molecule has 2 aromatic carbocycles. The first kappa shape index (κ1) is 23.0. The van der Waals surface area contributed by atoms with Crippen molar-refractivity contribution in [2.75, 3.05) is 14.2 Å². The van der Waals surface area contributed by atoms with Crippen LogP contribution in [0.4, 0.5) is 26.3 Å². The minimum Gasteiger partial charge on any atom is -0.497 e. The lowest BCUT2D eigenvalue weighted by Gasteiger charge is -2.10. The second kappa shape index (κ2) is 9.76. The summed E-state index contributed by atoms with van der Waals surface area (Å²) in [5.41, 5.74) is 0. The molecule has 0 spiro atoms. The molecular formula is C16H13F6IO4. The normalized spacial score (nSPS) is 11.1. The van der Waals surface area contributed by atoms with E-state index in [0.717, 1.165) is 0 Å². The summed E-state index contributed by atoms with van der Waals surface area (Å²) in [5.74, 6) is 0.491. The summed E-state index contributed by atoms with van der Waals surface area (Å²) in [6.07, 6.45) is -9.30. The van der Waals surface area contributed by atoms with Crippen molar-refractivity contribution in [2.45, 2.75) is 12.7 Å². The van der Waals surface area contributed by atoms with Crippen LogP contribution in [-0.2, 0) is 0 Å². The summed E-state index contributed by atoms with van der Waals surface area (Å²) in [6, 6.07) is 9.24. The Kier molecular flexibility index (Phi) is 8.31. The van der Waals surface area contributed by atoms with Crippen LogP contribution < -0.4 is 18.9 Å². The van der Waals surface area contributed by atoms with Crippen molar-refractivity contribution in [3.05, 3.63) is 46.0 Å². The van der Waals surface area contributed by atoms with Crippen LogP contribution in [0.5, 0.6) is 23.0 Å². The van der Waals surface area contributed by atoms with Crippen molar-refractivity contribution in [1.29, 1.82) is 0 Å². The van der Waals surface area contributed by atoms with E-state index >= 15 is 0 Å². The number of ether oxygens (including phenoxy) is 4. The topological polar surface area (TPSA) is 36.9 Å². The van der Waals surface area contributed by atoms with Gasteiger partial charge in [-0.05, 0) is 65.1 Å². The summed E-state index contributed by atoms with van der Waals surface area (Å²) < 4.78 is 87.9. The largest absolute Gasteiger partial charge is 0.573 e. The second-order valence-corrected chi connectivity index (χ2v) is 5.73. The lowest BCUT2D eigenvalue weighted by atomic mass is 10.3. The Hall–Kier alpha value is -2.05. The average Bonchev–Trinajstić information content (AvgIpc) is 2.55. The van der Waals surface area contributed by atoms with E-state index in [1.807, 2.05) is 0 Å². The molecule has 0 N–H and O–H groups in total. The third-order valence-electron chi connectivity index (χ3n) is 2.66. The van der Waals surface area contributed by atoms with Crippen molar-refractivity contribution >= 4 is 22.6 Å². The fourth-order valence-corrected chi connectivity index (χ4v) is 2.19. The third kappa shape index (κ3) is 9.45. The van der Waals surface area contributed by atoms with Crippen LogP contribution in [0.25, 0.3) is 0 Å². The number of methoxy groups -OCH3 is 2. The molecule has 0 heterocycles. The molecule has 0 fully saturated rings. The van der Waals surface area contributed by atoms with Crippen LogP contribution in [0.3, 0.4) is 0 Å². The van der Waals surface area contributed by atoms with Gasteiger partial charge in [0.1, 0.15) is 23.0 Å². The van der Waals surface area contributed by atoms with E-state index in [-0.39, 0.29) is 11.5 Å². The SMILES string of the molecule is COc1ccc(OC(F)(F)F)c(I)c1.COc1ccc(OC(F)(F)F)cc1. The molecule has 0 aliphatic carbocycles. The second-order valence-electron chi connectivity index (χ2n) is 4.57. The number of hydrogen-bond donors (Lipinski definition) is 0. The first-order valence-electron chi connectivity index (χ1n) is 6.92. The summed E-state index contributed by atoms with van der Waals surface area (Å²) >= 11 is 1.74. The fourth-order valence-electron chi connectivity index (χ4n) is 1.59. The first-order valence-corrected chi connectivity index (χ1v) is 8.00. The van der Waals surface area contributed by atoms with Gasteiger partial charge in [0, 0.05) is 0 Å². The molecule has 0 atom stereocenters. The molecule has 0 aliphatic rings. The molecule has 150 valence electrons. The van der Waals surface area contributed by atoms with Gasteiger partial charge in [-0.15, -0.1) is 26.3 Å². The smallest absolute Gasteiger partial charge is 0.497 e. The molecular weight excluding hydrogens is 497 g/mol. The van der Waals surface area contributed by atoms with Gasteiger partial charge in [0.2, 0.25) is 0 Å². The molecule has 0 radical (unpaired) electrons. The maximum absolute atomic E-state index is 11.8. The summed E-state index contributed by atoms with van der Waals surface area (Å²) in [5, 5.41) is 0. The number of rotatable bonds is 4. The molecule has 4 nitrogen and oxygen atoms in total. The predicted molar refractivity (Wildman–Crippen MR) is 92.1 cm³/mol. The zero-order valence-electron chi connectivity index (χ0n) is 13.8. The van der Waals surface area contributed by atoms with E-state index in [9.17, 15) is 26.3 Å². The number of benzene rings is 2.